The van der Waals surface area contributed by atoms with Gasteiger partial charge in [-0.15, -0.1) is 0 Å². The molecule has 2 aliphatic rings. The van der Waals surface area contributed by atoms with Crippen LogP contribution in [0.3, 0.4) is 0 Å². The van der Waals surface area contributed by atoms with E-state index >= 15 is 0 Å². The number of hydrogen-bond donors (Lipinski definition) is 1. The van der Waals surface area contributed by atoms with Crippen LogP contribution >= 0.6 is 22.6 Å². The number of rotatable bonds is 2. The lowest BCUT2D eigenvalue weighted by Gasteiger charge is -2.29. The van der Waals surface area contributed by atoms with Gasteiger partial charge in [-0.1, -0.05) is 41.9 Å². The average molecular weight is 308 g/mol. The molecule has 3 heteroatoms. The number of alkyl halides is 1. The predicted octanol–water partition coefficient (Wildman–Crippen LogP) is 2.36. The van der Waals surface area contributed by atoms with Crippen molar-refractivity contribution in [2.45, 2.75) is 48.6 Å². The van der Waals surface area contributed by atoms with Gasteiger partial charge in [0.2, 0.25) is 0 Å². The lowest BCUT2D eigenvalue weighted by atomic mass is 9.89. The lowest BCUT2D eigenvalue weighted by molar-refractivity contribution is 0.226. The number of nitrogens with two attached hydrogens (primary N) is 1. The van der Waals surface area contributed by atoms with E-state index in [0.717, 1.165) is 5.92 Å². The van der Waals surface area contributed by atoms with Crippen LogP contribution in [0.4, 0.5) is 0 Å². The molecule has 0 aromatic heterocycles. The molecule has 0 radical (unpaired) electrons. The van der Waals surface area contributed by atoms with Gasteiger partial charge < -0.3 is 5.73 Å². The number of likely N-dealkylation sites (tertiary alicyclic amines) is 1. The van der Waals surface area contributed by atoms with E-state index in [0.29, 0.717) is 10.1 Å². The van der Waals surface area contributed by atoms with Crippen LogP contribution in [-0.2, 0) is 0 Å². The second kappa shape index (κ2) is 5.12. The summed E-state index contributed by atoms with van der Waals surface area (Å²) in [6.45, 7) is 2.53. The summed E-state index contributed by atoms with van der Waals surface area (Å²) in [7, 11) is 0. The van der Waals surface area contributed by atoms with Crippen LogP contribution in [0.1, 0.15) is 38.5 Å². The molecule has 0 amide bonds. The van der Waals surface area contributed by atoms with Crippen LogP contribution in [0.5, 0.6) is 0 Å². The van der Waals surface area contributed by atoms with Crippen LogP contribution in [0.25, 0.3) is 0 Å². The monoisotopic (exact) mass is 308 g/mol. The van der Waals surface area contributed by atoms with Crippen molar-refractivity contribution in [3.8, 4) is 0 Å². The molecule has 0 aromatic rings. The first kappa shape index (κ1) is 11.1. The van der Waals surface area contributed by atoms with E-state index in [4.69, 9.17) is 5.73 Å². The third-order valence-corrected chi connectivity index (χ3v) is 5.38. The Morgan fingerprint density at radius 1 is 1.14 bits per heavy atom. The summed E-state index contributed by atoms with van der Waals surface area (Å²) in [6.07, 6.45) is 8.47. The zero-order valence-corrected chi connectivity index (χ0v) is 10.9. The topological polar surface area (TPSA) is 29.3 Å². The maximum Gasteiger partial charge on any atom is 0.0772 e. The molecule has 0 spiro atoms. The Morgan fingerprint density at radius 2 is 1.86 bits per heavy atom. The molecule has 1 unspecified atom stereocenters. The minimum absolute atomic E-state index is 0.416. The van der Waals surface area contributed by atoms with Crippen molar-refractivity contribution in [2.75, 3.05) is 13.1 Å². The predicted molar refractivity (Wildman–Crippen MR) is 68.5 cm³/mol. The van der Waals surface area contributed by atoms with Crippen LogP contribution < -0.4 is 5.73 Å². The Hall–Kier alpha value is 0.650. The van der Waals surface area contributed by atoms with E-state index in [2.05, 4.69) is 27.5 Å². The number of hydrogen-bond acceptors (Lipinski definition) is 2. The van der Waals surface area contributed by atoms with Crippen molar-refractivity contribution in [1.29, 1.82) is 0 Å². The molecule has 2 nitrogen and oxygen atoms in total. The van der Waals surface area contributed by atoms with Gasteiger partial charge in [0, 0.05) is 19.1 Å². The highest BCUT2D eigenvalue weighted by molar-refractivity contribution is 14.1. The van der Waals surface area contributed by atoms with Crippen LogP contribution in [0, 0.1) is 5.92 Å². The van der Waals surface area contributed by atoms with Gasteiger partial charge in [-0.2, -0.15) is 0 Å². The first-order valence-electron chi connectivity index (χ1n) is 5.91. The summed E-state index contributed by atoms with van der Waals surface area (Å²) in [6, 6.07) is 0.416. The molecule has 1 heterocycles. The Labute approximate surface area is 101 Å². The van der Waals surface area contributed by atoms with Crippen molar-refractivity contribution in [3.05, 3.63) is 0 Å². The molecule has 2 N–H and O–H groups in total. The van der Waals surface area contributed by atoms with E-state index in [-0.39, 0.29) is 0 Å². The molecular formula is C11H21IN2. The molecule has 1 saturated carbocycles. The van der Waals surface area contributed by atoms with Gasteiger partial charge in [-0.3, -0.25) is 4.90 Å². The van der Waals surface area contributed by atoms with Gasteiger partial charge >= 0.3 is 0 Å². The molecular weight excluding hydrogens is 287 g/mol. The second-order valence-corrected chi connectivity index (χ2v) is 6.10. The van der Waals surface area contributed by atoms with E-state index in [9.17, 15) is 0 Å². The summed E-state index contributed by atoms with van der Waals surface area (Å²) < 4.78 is 0.592. The Balaban J connectivity index is 1.79. The van der Waals surface area contributed by atoms with Gasteiger partial charge in [0.05, 0.1) is 4.05 Å². The van der Waals surface area contributed by atoms with E-state index < -0.39 is 0 Å². The average Bonchev–Trinajstić information content (AvgIpc) is 2.52. The molecule has 2 atom stereocenters. The van der Waals surface area contributed by atoms with E-state index in [1.54, 1.807) is 0 Å². The molecule has 0 aromatic carbocycles. The van der Waals surface area contributed by atoms with Crippen LogP contribution in [0.15, 0.2) is 0 Å². The van der Waals surface area contributed by atoms with Gasteiger partial charge in [-0.25, -0.2) is 0 Å². The first-order chi connectivity index (χ1) is 6.77. The molecule has 1 aliphatic carbocycles. The summed E-state index contributed by atoms with van der Waals surface area (Å²) in [5, 5.41) is 0. The van der Waals surface area contributed by atoms with Crippen molar-refractivity contribution < 1.29 is 0 Å². The normalized spacial score (nSPS) is 36.4. The van der Waals surface area contributed by atoms with Crippen molar-refractivity contribution >= 4 is 22.6 Å². The van der Waals surface area contributed by atoms with E-state index in [1.807, 2.05) is 0 Å². The zero-order valence-electron chi connectivity index (χ0n) is 8.79. The minimum Gasteiger partial charge on any atom is -0.326 e. The maximum absolute atomic E-state index is 6.02. The quantitative estimate of drug-likeness (QED) is 0.482. The molecule has 2 fully saturated rings. The molecule has 1 saturated heterocycles. The van der Waals surface area contributed by atoms with Crippen molar-refractivity contribution in [2.24, 2.45) is 11.7 Å². The van der Waals surface area contributed by atoms with Gasteiger partial charge in [0.25, 0.3) is 0 Å². The molecule has 1 aliphatic heterocycles. The highest BCUT2D eigenvalue weighted by atomic mass is 127. The SMILES string of the molecule is N[C@@H]1CCN(CC2CCCCC2)C1I. The van der Waals surface area contributed by atoms with E-state index in [1.165, 1.54) is 51.6 Å². The fourth-order valence-corrected chi connectivity index (χ4v) is 3.61. The van der Waals surface area contributed by atoms with Crippen LogP contribution in [-0.4, -0.2) is 28.1 Å². The third-order valence-electron chi connectivity index (χ3n) is 3.67. The maximum atomic E-state index is 6.02. The summed E-state index contributed by atoms with van der Waals surface area (Å²) in [5.41, 5.74) is 6.02. The first-order valence-corrected chi connectivity index (χ1v) is 7.15. The molecule has 82 valence electrons. The van der Waals surface area contributed by atoms with Crippen LogP contribution in [0.2, 0.25) is 0 Å². The summed E-state index contributed by atoms with van der Waals surface area (Å²) in [5.74, 6) is 0.964. The minimum atomic E-state index is 0.416. The standard InChI is InChI=1S/C11H21IN2/c12-11-10(13)6-7-14(11)8-9-4-2-1-3-5-9/h9-11H,1-8,13H2/t10-,11?/m1/s1. The van der Waals surface area contributed by atoms with Gasteiger partial charge in [0.15, 0.2) is 0 Å². The smallest absolute Gasteiger partial charge is 0.0772 e. The third kappa shape index (κ3) is 2.61. The van der Waals surface area contributed by atoms with Crippen molar-refractivity contribution in [3.63, 3.8) is 0 Å². The Morgan fingerprint density at radius 3 is 2.43 bits per heavy atom. The fourth-order valence-electron chi connectivity index (χ4n) is 2.74. The largest absolute Gasteiger partial charge is 0.326 e. The molecule has 0 bridgehead atoms. The number of nitrogens with zero attached hydrogens (tertiary/aromatic N) is 1. The number of halogens is 1. The second-order valence-electron chi connectivity index (χ2n) is 4.82. The Kier molecular flexibility index (Phi) is 4.08. The molecule has 14 heavy (non-hydrogen) atoms. The summed E-state index contributed by atoms with van der Waals surface area (Å²) >= 11 is 2.52. The van der Waals surface area contributed by atoms with Gasteiger partial charge in [0.1, 0.15) is 0 Å². The Bertz CT molecular complexity index is 180. The highest BCUT2D eigenvalue weighted by Crippen LogP contribution is 2.29. The van der Waals surface area contributed by atoms with Gasteiger partial charge in [-0.05, 0) is 25.2 Å². The van der Waals surface area contributed by atoms with Crippen molar-refractivity contribution in [1.82, 2.24) is 4.90 Å². The molecule has 2 rings (SSSR count). The zero-order chi connectivity index (χ0) is 9.97. The lowest BCUT2D eigenvalue weighted by Crippen LogP contribution is -2.37. The highest BCUT2D eigenvalue weighted by Gasteiger charge is 2.30. The fraction of sp³-hybridized carbons (Fsp3) is 1.00. The summed E-state index contributed by atoms with van der Waals surface area (Å²) in [4.78, 5) is 2.60.